The van der Waals surface area contributed by atoms with Crippen LogP contribution in [0.3, 0.4) is 0 Å². The van der Waals surface area contributed by atoms with Crippen LogP contribution in [0.1, 0.15) is 129 Å². The normalized spacial score (nSPS) is 12.7. The Balaban J connectivity index is 3.28. The van der Waals surface area contributed by atoms with Crippen LogP contribution in [-0.2, 0) is 0 Å². The molecule has 0 saturated carbocycles. The first-order valence-corrected chi connectivity index (χ1v) is 11.9. The van der Waals surface area contributed by atoms with Gasteiger partial charge in [-0.25, -0.2) is 0 Å². The summed E-state index contributed by atoms with van der Waals surface area (Å²) in [6.45, 7) is 4.60. The van der Waals surface area contributed by atoms with Gasteiger partial charge in [0.05, 0.1) is 0 Å². The summed E-state index contributed by atoms with van der Waals surface area (Å²) in [7, 11) is 0. The number of rotatable bonds is 19. The van der Waals surface area contributed by atoms with E-state index >= 15 is 0 Å². The van der Waals surface area contributed by atoms with Crippen molar-refractivity contribution < 1.29 is 0 Å². The number of hydrogen-bond acceptors (Lipinski definition) is 0. The fraction of sp³-hybridized carbons (Fsp3) is 1.00. The van der Waals surface area contributed by atoms with Gasteiger partial charge in [-0.15, -0.1) is 0 Å². The van der Waals surface area contributed by atoms with Crippen molar-refractivity contribution in [2.75, 3.05) is 0 Å². The predicted octanol–water partition coefficient (Wildman–Crippen LogP) is 8.25. The molecule has 1 atom stereocenters. The van der Waals surface area contributed by atoms with E-state index < -0.39 is 0 Å². The summed E-state index contributed by atoms with van der Waals surface area (Å²) in [6.07, 6.45) is 26.3. The average molecular weight is 337 g/mol. The summed E-state index contributed by atoms with van der Waals surface area (Å²) >= 11 is 3.00. The fourth-order valence-electron chi connectivity index (χ4n) is 3.51. The molecule has 23 heavy (non-hydrogen) atoms. The van der Waals surface area contributed by atoms with Gasteiger partial charge in [0.25, 0.3) is 0 Å². The van der Waals surface area contributed by atoms with Gasteiger partial charge in [0.1, 0.15) is 0 Å². The monoisotopic (exact) mass is 336 g/mol. The molecule has 0 aromatic rings. The van der Waals surface area contributed by atoms with Gasteiger partial charge in [-0.05, 0) is 0 Å². The van der Waals surface area contributed by atoms with E-state index in [4.69, 9.17) is 0 Å². The zero-order valence-corrected chi connectivity index (χ0v) is 17.7. The molecule has 0 aromatic carbocycles. The zero-order chi connectivity index (χ0) is 17.0. The minimum absolute atomic E-state index is 0.986. The van der Waals surface area contributed by atoms with Gasteiger partial charge >= 0.3 is 150 Å². The SMILES string of the molecule is CCCCCCCCCCCC([CH2][Al+2])CCCCCCCCC. The summed E-state index contributed by atoms with van der Waals surface area (Å²) < 4.78 is 0. The molecule has 0 radical (unpaired) electrons. The molecule has 1 unspecified atom stereocenters. The van der Waals surface area contributed by atoms with Crippen LogP contribution in [0.5, 0.6) is 0 Å². The van der Waals surface area contributed by atoms with Crippen LogP contribution in [0.25, 0.3) is 0 Å². The summed E-state index contributed by atoms with van der Waals surface area (Å²) in [5.41, 5.74) is 0. The molecule has 0 nitrogen and oxygen atoms in total. The van der Waals surface area contributed by atoms with Crippen LogP contribution in [-0.4, -0.2) is 16.3 Å². The average Bonchev–Trinajstić information content (AvgIpc) is 2.57. The van der Waals surface area contributed by atoms with E-state index in [-0.39, 0.29) is 0 Å². The van der Waals surface area contributed by atoms with Gasteiger partial charge < -0.3 is 0 Å². The third-order valence-corrected chi connectivity index (χ3v) is 5.93. The van der Waals surface area contributed by atoms with Gasteiger partial charge in [-0.1, -0.05) is 6.92 Å². The molecule has 134 valence electrons. The van der Waals surface area contributed by atoms with Gasteiger partial charge in [0.2, 0.25) is 0 Å². The van der Waals surface area contributed by atoms with E-state index in [1.807, 2.05) is 0 Å². The van der Waals surface area contributed by atoms with E-state index in [1.165, 1.54) is 121 Å². The molecule has 0 amide bonds. The molecular formula is C22H45Al+2. The fourth-order valence-corrected chi connectivity index (χ4v) is 3.99. The second kappa shape index (κ2) is 20.6. The Morgan fingerprint density at radius 3 is 1.09 bits per heavy atom. The first-order chi connectivity index (χ1) is 11.3. The van der Waals surface area contributed by atoms with Crippen LogP contribution < -0.4 is 0 Å². The molecule has 1 heteroatoms. The first kappa shape index (κ1) is 23.5. The second-order valence-electron chi connectivity index (χ2n) is 7.63. The molecule has 0 aliphatic carbocycles. The van der Waals surface area contributed by atoms with E-state index in [9.17, 15) is 0 Å². The van der Waals surface area contributed by atoms with Crippen LogP contribution in [0, 0.1) is 5.92 Å². The summed E-state index contributed by atoms with van der Waals surface area (Å²) in [5, 5.41) is 1.33. The van der Waals surface area contributed by atoms with Crippen molar-refractivity contribution in [1.82, 2.24) is 0 Å². The summed E-state index contributed by atoms with van der Waals surface area (Å²) in [6, 6.07) is 0. The van der Waals surface area contributed by atoms with Gasteiger partial charge in [0, 0.05) is 0 Å². The molecule has 0 aliphatic rings. The standard InChI is InChI=1S/C22H45.Al/c1-4-6-8-10-12-13-15-17-19-21-22(3)20-18-16-14-11-9-7-5-2;/h22H,3-21H2,1-2H3;/q;+2. The van der Waals surface area contributed by atoms with Crippen LogP contribution >= 0.6 is 0 Å². The Hall–Kier alpha value is 0.532. The second-order valence-corrected chi connectivity index (χ2v) is 8.10. The molecule has 0 rings (SSSR count). The van der Waals surface area contributed by atoms with Crippen molar-refractivity contribution in [3.05, 3.63) is 0 Å². The Kier molecular flexibility index (Phi) is 21.1. The third-order valence-electron chi connectivity index (χ3n) is 5.27. The van der Waals surface area contributed by atoms with E-state index in [1.54, 1.807) is 0 Å². The quantitative estimate of drug-likeness (QED) is 0.164. The zero-order valence-electron chi connectivity index (χ0n) is 16.6. The molecule has 0 bridgehead atoms. The molecule has 0 spiro atoms. The van der Waals surface area contributed by atoms with Crippen molar-refractivity contribution in [1.29, 1.82) is 0 Å². The molecule has 0 heterocycles. The Morgan fingerprint density at radius 1 is 0.478 bits per heavy atom. The Morgan fingerprint density at radius 2 is 0.783 bits per heavy atom. The molecule has 0 aromatic heterocycles. The molecule has 0 saturated heterocycles. The topological polar surface area (TPSA) is 0 Å². The molecule has 0 aliphatic heterocycles. The van der Waals surface area contributed by atoms with Gasteiger partial charge in [0.15, 0.2) is 0 Å². The molecule has 0 N–H and O–H groups in total. The Bertz CT molecular complexity index is 202. The van der Waals surface area contributed by atoms with E-state index in [2.05, 4.69) is 30.1 Å². The van der Waals surface area contributed by atoms with Crippen molar-refractivity contribution in [3.63, 3.8) is 0 Å². The first-order valence-electron chi connectivity index (χ1n) is 11.0. The Labute approximate surface area is 157 Å². The van der Waals surface area contributed by atoms with E-state index in [0.717, 1.165) is 5.92 Å². The van der Waals surface area contributed by atoms with Crippen molar-refractivity contribution in [3.8, 4) is 0 Å². The van der Waals surface area contributed by atoms with Gasteiger partial charge in [-0.2, -0.15) is 0 Å². The maximum absolute atomic E-state index is 3.00. The molecular weight excluding hydrogens is 291 g/mol. The van der Waals surface area contributed by atoms with Crippen LogP contribution in [0.2, 0.25) is 5.28 Å². The van der Waals surface area contributed by atoms with Crippen LogP contribution in [0.4, 0.5) is 0 Å². The number of unbranched alkanes of at least 4 members (excludes halogenated alkanes) is 14. The van der Waals surface area contributed by atoms with Crippen molar-refractivity contribution >= 4 is 16.3 Å². The predicted molar refractivity (Wildman–Crippen MR) is 109 cm³/mol. The van der Waals surface area contributed by atoms with Crippen molar-refractivity contribution in [2.24, 2.45) is 5.92 Å². The maximum atomic E-state index is 3.00. The summed E-state index contributed by atoms with van der Waals surface area (Å²) in [4.78, 5) is 0. The summed E-state index contributed by atoms with van der Waals surface area (Å²) in [5.74, 6) is 0.986. The van der Waals surface area contributed by atoms with Crippen LogP contribution in [0.15, 0.2) is 0 Å². The minimum atomic E-state index is 0.986. The van der Waals surface area contributed by atoms with E-state index in [0.29, 0.717) is 0 Å². The van der Waals surface area contributed by atoms with Gasteiger partial charge in [-0.3, -0.25) is 0 Å². The number of hydrogen-bond donors (Lipinski definition) is 0. The van der Waals surface area contributed by atoms with Crippen molar-refractivity contribution in [2.45, 2.75) is 135 Å². The third kappa shape index (κ3) is 18.7. The molecule has 0 fully saturated rings.